The molecule has 3 unspecified atom stereocenters. The second-order valence-electron chi connectivity index (χ2n) is 5.30. The van der Waals surface area contributed by atoms with Crippen LogP contribution in [-0.2, 0) is 9.53 Å². The second-order valence-corrected chi connectivity index (χ2v) is 5.30. The van der Waals surface area contributed by atoms with Crippen molar-refractivity contribution in [3.63, 3.8) is 0 Å². The van der Waals surface area contributed by atoms with Crippen LogP contribution < -0.4 is 0 Å². The molecule has 0 saturated carbocycles. The van der Waals surface area contributed by atoms with E-state index in [0.717, 1.165) is 24.0 Å². The van der Waals surface area contributed by atoms with E-state index in [1.54, 1.807) is 12.5 Å². The lowest BCUT2D eigenvalue weighted by atomic mass is 9.65. The van der Waals surface area contributed by atoms with E-state index in [2.05, 4.69) is 13.0 Å². The highest BCUT2D eigenvalue weighted by Crippen LogP contribution is 2.56. The number of furan rings is 1. The van der Waals surface area contributed by atoms with Crippen LogP contribution in [0.25, 0.3) is 0 Å². The van der Waals surface area contributed by atoms with Gasteiger partial charge in [0.2, 0.25) is 0 Å². The Bertz CT molecular complexity index is 472. The van der Waals surface area contributed by atoms with E-state index >= 15 is 0 Å². The molecule has 1 aliphatic carbocycles. The molecule has 1 aliphatic heterocycles. The highest BCUT2D eigenvalue weighted by atomic mass is 16.6. The third-order valence-electron chi connectivity index (χ3n) is 4.18. The molecule has 0 spiro atoms. The third-order valence-corrected chi connectivity index (χ3v) is 4.18. The molecule has 2 heterocycles. The summed E-state index contributed by atoms with van der Waals surface area (Å²) >= 11 is 0. The smallest absolute Gasteiger partial charge is 0.314 e. The molecule has 1 aromatic rings. The van der Waals surface area contributed by atoms with Gasteiger partial charge in [-0.3, -0.25) is 4.79 Å². The Labute approximate surface area is 100 Å². The number of hydrogen-bond acceptors (Lipinski definition) is 3. The Morgan fingerprint density at radius 2 is 2.29 bits per heavy atom. The minimum absolute atomic E-state index is 0.0869. The van der Waals surface area contributed by atoms with Gasteiger partial charge in [0, 0.05) is 11.0 Å². The molecule has 0 amide bonds. The minimum Gasteiger partial charge on any atom is -0.472 e. The van der Waals surface area contributed by atoms with Crippen LogP contribution in [0.2, 0.25) is 0 Å². The number of allylic oxidation sites excluding steroid dienone is 1. The fourth-order valence-corrected chi connectivity index (χ4v) is 3.32. The molecule has 3 heteroatoms. The summed E-state index contributed by atoms with van der Waals surface area (Å²) in [7, 11) is 0. The van der Waals surface area contributed by atoms with Crippen molar-refractivity contribution >= 4 is 5.97 Å². The largest absolute Gasteiger partial charge is 0.472 e. The molecular formula is C14H16O3. The summed E-state index contributed by atoms with van der Waals surface area (Å²) in [5.74, 6) is -0.177. The summed E-state index contributed by atoms with van der Waals surface area (Å²) in [6.07, 6.45) is 7.30. The standard InChI is InChI=1S/C14H16O3/c1-9-4-3-6-14(2)11(9)13(15)17-12(14)10-5-7-16-8-10/h4-5,7-8,11-12H,3,6H2,1-2H3. The average molecular weight is 232 g/mol. The number of rotatable bonds is 1. The van der Waals surface area contributed by atoms with Crippen LogP contribution in [-0.4, -0.2) is 5.97 Å². The molecule has 17 heavy (non-hydrogen) atoms. The highest BCUT2D eigenvalue weighted by Gasteiger charge is 2.56. The molecule has 1 fully saturated rings. The van der Waals surface area contributed by atoms with Crippen LogP contribution in [0.15, 0.2) is 34.7 Å². The Kier molecular flexibility index (Phi) is 2.18. The van der Waals surface area contributed by atoms with Crippen LogP contribution in [0, 0.1) is 11.3 Å². The summed E-state index contributed by atoms with van der Waals surface area (Å²) < 4.78 is 10.7. The number of hydrogen-bond donors (Lipinski definition) is 0. The first-order chi connectivity index (χ1) is 8.13. The van der Waals surface area contributed by atoms with Crippen LogP contribution in [0.5, 0.6) is 0 Å². The lowest BCUT2D eigenvalue weighted by Gasteiger charge is -2.35. The van der Waals surface area contributed by atoms with E-state index in [4.69, 9.17) is 9.15 Å². The van der Waals surface area contributed by atoms with E-state index in [0.29, 0.717) is 0 Å². The lowest BCUT2D eigenvalue weighted by molar-refractivity contribution is -0.143. The number of carbonyl (C=O) groups is 1. The SMILES string of the molecule is CC1=CCCC2(C)C1C(=O)OC2c1ccoc1. The molecule has 2 aliphatic rings. The number of fused-ring (bicyclic) bond motifs is 1. The molecule has 1 saturated heterocycles. The molecule has 3 rings (SSSR count). The van der Waals surface area contributed by atoms with Crippen molar-refractivity contribution in [3.8, 4) is 0 Å². The van der Waals surface area contributed by atoms with E-state index in [-0.39, 0.29) is 23.4 Å². The normalized spacial score (nSPS) is 36.4. The summed E-state index contributed by atoms with van der Waals surface area (Å²) in [5, 5.41) is 0. The van der Waals surface area contributed by atoms with Crippen molar-refractivity contribution in [2.24, 2.45) is 11.3 Å². The van der Waals surface area contributed by atoms with Crippen molar-refractivity contribution in [3.05, 3.63) is 35.8 Å². The molecule has 3 nitrogen and oxygen atoms in total. The van der Waals surface area contributed by atoms with Crippen molar-refractivity contribution < 1.29 is 13.9 Å². The predicted octanol–water partition coefficient (Wildman–Crippen LogP) is 3.24. The molecule has 0 radical (unpaired) electrons. The van der Waals surface area contributed by atoms with Crippen LogP contribution in [0.1, 0.15) is 38.4 Å². The molecule has 90 valence electrons. The van der Waals surface area contributed by atoms with Crippen molar-refractivity contribution in [1.29, 1.82) is 0 Å². The van der Waals surface area contributed by atoms with Gasteiger partial charge in [0.1, 0.15) is 6.10 Å². The maximum Gasteiger partial charge on any atom is 0.314 e. The Balaban J connectivity index is 2.05. The van der Waals surface area contributed by atoms with Gasteiger partial charge in [0.05, 0.1) is 18.4 Å². The van der Waals surface area contributed by atoms with Gasteiger partial charge in [-0.2, -0.15) is 0 Å². The summed E-state index contributed by atoms with van der Waals surface area (Å²) in [5.41, 5.74) is 1.99. The predicted molar refractivity (Wildman–Crippen MR) is 62.1 cm³/mol. The lowest BCUT2D eigenvalue weighted by Crippen LogP contribution is -2.32. The molecule has 0 N–H and O–H groups in total. The first kappa shape index (κ1) is 10.6. The summed E-state index contributed by atoms with van der Waals surface area (Å²) in [6, 6.07) is 1.89. The topological polar surface area (TPSA) is 39.4 Å². The molecule has 0 aromatic carbocycles. The fraction of sp³-hybridized carbons (Fsp3) is 0.500. The molecule has 0 bridgehead atoms. The zero-order valence-electron chi connectivity index (χ0n) is 10.1. The van der Waals surface area contributed by atoms with Crippen LogP contribution >= 0.6 is 0 Å². The quantitative estimate of drug-likeness (QED) is 0.551. The van der Waals surface area contributed by atoms with Gasteiger partial charge < -0.3 is 9.15 Å². The first-order valence-electron chi connectivity index (χ1n) is 6.02. The first-order valence-corrected chi connectivity index (χ1v) is 6.02. The Morgan fingerprint density at radius 3 is 3.00 bits per heavy atom. The number of esters is 1. The summed E-state index contributed by atoms with van der Waals surface area (Å²) in [6.45, 7) is 4.18. The fourth-order valence-electron chi connectivity index (χ4n) is 3.32. The van der Waals surface area contributed by atoms with Crippen LogP contribution in [0.4, 0.5) is 0 Å². The van der Waals surface area contributed by atoms with Gasteiger partial charge >= 0.3 is 5.97 Å². The third kappa shape index (κ3) is 1.38. The number of carbonyl (C=O) groups excluding carboxylic acids is 1. The summed E-state index contributed by atoms with van der Waals surface area (Å²) in [4.78, 5) is 12.0. The van der Waals surface area contributed by atoms with Gasteiger partial charge in [0.25, 0.3) is 0 Å². The monoisotopic (exact) mass is 232 g/mol. The van der Waals surface area contributed by atoms with Gasteiger partial charge in [0.15, 0.2) is 0 Å². The molecule has 1 aromatic heterocycles. The minimum atomic E-state index is -0.164. The Hall–Kier alpha value is -1.51. The molecular weight excluding hydrogens is 216 g/mol. The van der Waals surface area contributed by atoms with Gasteiger partial charge in [-0.25, -0.2) is 0 Å². The Morgan fingerprint density at radius 1 is 1.47 bits per heavy atom. The zero-order valence-corrected chi connectivity index (χ0v) is 10.1. The van der Waals surface area contributed by atoms with E-state index in [1.807, 2.05) is 13.0 Å². The maximum atomic E-state index is 12.0. The average Bonchev–Trinajstić information content (AvgIpc) is 2.85. The van der Waals surface area contributed by atoms with E-state index in [1.165, 1.54) is 0 Å². The van der Waals surface area contributed by atoms with Gasteiger partial charge in [-0.05, 0) is 25.8 Å². The van der Waals surface area contributed by atoms with Gasteiger partial charge in [-0.1, -0.05) is 18.6 Å². The maximum absolute atomic E-state index is 12.0. The van der Waals surface area contributed by atoms with Crippen molar-refractivity contribution in [2.45, 2.75) is 32.8 Å². The van der Waals surface area contributed by atoms with Crippen LogP contribution in [0.3, 0.4) is 0 Å². The van der Waals surface area contributed by atoms with E-state index < -0.39 is 0 Å². The van der Waals surface area contributed by atoms with Crippen molar-refractivity contribution in [1.82, 2.24) is 0 Å². The highest BCUT2D eigenvalue weighted by molar-refractivity contribution is 5.80. The second kappa shape index (κ2) is 3.49. The zero-order chi connectivity index (χ0) is 12.0. The number of cyclic esters (lactones) is 1. The van der Waals surface area contributed by atoms with E-state index in [9.17, 15) is 4.79 Å². The van der Waals surface area contributed by atoms with Crippen molar-refractivity contribution in [2.75, 3.05) is 0 Å². The number of ether oxygens (including phenoxy) is 1. The van der Waals surface area contributed by atoms with Gasteiger partial charge in [-0.15, -0.1) is 0 Å². The molecule has 3 atom stereocenters.